The van der Waals surface area contributed by atoms with Gasteiger partial charge in [-0.3, -0.25) is 14.7 Å². The molecule has 0 aliphatic carbocycles. The first kappa shape index (κ1) is 13.6. The van der Waals surface area contributed by atoms with Gasteiger partial charge in [-0.1, -0.05) is 6.92 Å². The predicted octanol–water partition coefficient (Wildman–Crippen LogP) is 1.09. The number of fused-ring (bicyclic) bond motifs is 1. The Morgan fingerprint density at radius 3 is 3.05 bits per heavy atom. The number of rotatable bonds is 2. The maximum atomic E-state index is 12.7. The van der Waals surface area contributed by atoms with Gasteiger partial charge in [-0.2, -0.15) is 5.10 Å². The van der Waals surface area contributed by atoms with Crippen LogP contribution in [0, 0.1) is 5.92 Å². The van der Waals surface area contributed by atoms with Crippen LogP contribution in [0.15, 0.2) is 4.47 Å². The molecule has 1 aromatic rings. The molecule has 0 bridgehead atoms. The van der Waals surface area contributed by atoms with Crippen molar-refractivity contribution < 1.29 is 9.59 Å². The molecule has 0 unspecified atom stereocenters. The normalized spacial score (nSPS) is 25.5. The van der Waals surface area contributed by atoms with E-state index >= 15 is 0 Å². The number of hydrogen-bond acceptors (Lipinski definition) is 3. The van der Waals surface area contributed by atoms with Gasteiger partial charge in [-0.25, -0.2) is 0 Å². The fraction of sp³-hybridized carbons (Fsp3) is 0.615. The molecule has 2 aliphatic rings. The van der Waals surface area contributed by atoms with Gasteiger partial charge >= 0.3 is 0 Å². The van der Waals surface area contributed by atoms with E-state index in [0.717, 1.165) is 29.4 Å². The van der Waals surface area contributed by atoms with E-state index in [-0.39, 0.29) is 23.8 Å². The second-order valence-corrected chi connectivity index (χ2v) is 6.07. The van der Waals surface area contributed by atoms with E-state index in [1.54, 1.807) is 4.90 Å². The Morgan fingerprint density at radius 1 is 1.55 bits per heavy atom. The number of carbonyl (C=O) groups is 2. The number of halogens is 1. The van der Waals surface area contributed by atoms with Crippen molar-refractivity contribution in [1.82, 2.24) is 20.4 Å². The minimum Gasteiger partial charge on any atom is -0.354 e. The number of nitrogens with zero attached hydrogens (tertiary/aromatic N) is 2. The minimum absolute atomic E-state index is 0.0302. The van der Waals surface area contributed by atoms with E-state index in [9.17, 15) is 9.59 Å². The highest BCUT2D eigenvalue weighted by Gasteiger charge is 2.43. The third-order valence-corrected chi connectivity index (χ3v) is 5.05. The molecule has 0 saturated carbocycles. The number of aromatic amines is 1. The van der Waals surface area contributed by atoms with Crippen LogP contribution in [0.4, 0.5) is 0 Å². The Morgan fingerprint density at radius 2 is 2.35 bits per heavy atom. The molecule has 7 heteroatoms. The lowest BCUT2D eigenvalue weighted by atomic mass is 9.91. The van der Waals surface area contributed by atoms with Crippen LogP contribution in [0.25, 0.3) is 0 Å². The van der Waals surface area contributed by atoms with E-state index in [1.807, 2.05) is 6.92 Å². The maximum Gasteiger partial charge on any atom is 0.275 e. The summed E-state index contributed by atoms with van der Waals surface area (Å²) in [5, 5.41) is 9.87. The number of carbonyl (C=O) groups excluding carboxylic acids is 2. The molecule has 20 heavy (non-hydrogen) atoms. The third-order valence-electron chi connectivity index (χ3n) is 4.19. The molecule has 108 valence electrons. The largest absolute Gasteiger partial charge is 0.354 e. The molecule has 0 spiro atoms. The number of amides is 2. The molecule has 2 amide bonds. The molecule has 2 fully saturated rings. The summed E-state index contributed by atoms with van der Waals surface area (Å²) in [4.78, 5) is 26.2. The highest BCUT2D eigenvalue weighted by atomic mass is 79.9. The zero-order chi connectivity index (χ0) is 14.3. The summed E-state index contributed by atoms with van der Waals surface area (Å²) in [7, 11) is 0. The molecule has 2 saturated heterocycles. The highest BCUT2D eigenvalue weighted by Crippen LogP contribution is 2.30. The van der Waals surface area contributed by atoms with Gasteiger partial charge in [-0.05, 0) is 35.2 Å². The smallest absolute Gasteiger partial charge is 0.275 e. The predicted molar refractivity (Wildman–Crippen MR) is 76.2 cm³/mol. The Bertz CT molecular complexity index is 557. The van der Waals surface area contributed by atoms with Gasteiger partial charge in [0.15, 0.2) is 5.69 Å². The van der Waals surface area contributed by atoms with Crippen molar-refractivity contribution in [3.05, 3.63) is 15.9 Å². The molecule has 0 aromatic carbocycles. The Balaban J connectivity index is 1.86. The Labute approximate surface area is 125 Å². The summed E-state index contributed by atoms with van der Waals surface area (Å²) in [6.07, 6.45) is 2.51. The fourth-order valence-electron chi connectivity index (χ4n) is 3.08. The average molecular weight is 341 g/mol. The van der Waals surface area contributed by atoms with E-state index in [2.05, 4.69) is 31.4 Å². The van der Waals surface area contributed by atoms with Crippen LogP contribution in [0.5, 0.6) is 0 Å². The maximum absolute atomic E-state index is 12.7. The summed E-state index contributed by atoms with van der Waals surface area (Å²) in [6.45, 7) is 3.25. The topological polar surface area (TPSA) is 78.1 Å². The minimum atomic E-state index is -0.0981. The Kier molecular flexibility index (Phi) is 3.54. The third kappa shape index (κ3) is 2.04. The van der Waals surface area contributed by atoms with Crippen molar-refractivity contribution in [3.63, 3.8) is 0 Å². The molecule has 2 atom stereocenters. The number of nitrogens with one attached hydrogen (secondary N) is 2. The lowest BCUT2D eigenvalue weighted by Crippen LogP contribution is -2.48. The zero-order valence-corrected chi connectivity index (χ0v) is 12.9. The number of aromatic nitrogens is 2. The summed E-state index contributed by atoms with van der Waals surface area (Å²) in [6, 6.07) is -0.0302. The van der Waals surface area contributed by atoms with Gasteiger partial charge in [0.1, 0.15) is 0 Å². The first-order valence-electron chi connectivity index (χ1n) is 6.95. The second-order valence-electron chi connectivity index (χ2n) is 5.28. The molecule has 3 heterocycles. The number of H-pyrrole nitrogens is 1. The number of likely N-dealkylation sites (tertiary alicyclic amines) is 1. The van der Waals surface area contributed by atoms with Crippen LogP contribution in [-0.2, 0) is 11.2 Å². The van der Waals surface area contributed by atoms with E-state index in [1.165, 1.54) is 0 Å². The van der Waals surface area contributed by atoms with Crippen molar-refractivity contribution in [2.24, 2.45) is 5.92 Å². The van der Waals surface area contributed by atoms with Crippen LogP contribution in [-0.4, -0.2) is 46.0 Å². The van der Waals surface area contributed by atoms with Crippen molar-refractivity contribution in [2.45, 2.75) is 32.2 Å². The number of hydrogen-bond donors (Lipinski definition) is 2. The first-order valence-corrected chi connectivity index (χ1v) is 7.74. The summed E-state index contributed by atoms with van der Waals surface area (Å²) in [5.74, 6) is -0.0853. The molecule has 1 aromatic heterocycles. The summed E-state index contributed by atoms with van der Waals surface area (Å²) < 4.78 is 0.740. The quantitative estimate of drug-likeness (QED) is 0.845. The molecular weight excluding hydrogens is 324 g/mol. The van der Waals surface area contributed by atoms with Crippen molar-refractivity contribution in [2.75, 3.05) is 13.1 Å². The van der Waals surface area contributed by atoms with E-state index in [0.29, 0.717) is 18.8 Å². The Hall–Kier alpha value is -1.37. The van der Waals surface area contributed by atoms with Gasteiger partial charge in [-0.15, -0.1) is 0 Å². The summed E-state index contributed by atoms with van der Waals surface area (Å²) >= 11 is 3.44. The summed E-state index contributed by atoms with van der Waals surface area (Å²) in [5.41, 5.74) is 1.34. The second kappa shape index (κ2) is 5.20. The van der Waals surface area contributed by atoms with E-state index in [4.69, 9.17) is 0 Å². The van der Waals surface area contributed by atoms with Gasteiger partial charge in [0, 0.05) is 18.8 Å². The van der Waals surface area contributed by atoms with Gasteiger partial charge in [0.05, 0.1) is 16.4 Å². The monoisotopic (exact) mass is 340 g/mol. The average Bonchev–Trinajstić information content (AvgIpc) is 3.02. The fourth-order valence-corrected chi connectivity index (χ4v) is 3.71. The number of aryl methyl sites for hydroxylation is 1. The highest BCUT2D eigenvalue weighted by molar-refractivity contribution is 9.10. The lowest BCUT2D eigenvalue weighted by molar-refractivity contribution is -0.123. The van der Waals surface area contributed by atoms with Gasteiger partial charge in [0.25, 0.3) is 5.91 Å². The van der Waals surface area contributed by atoms with Crippen LogP contribution in [0.3, 0.4) is 0 Å². The van der Waals surface area contributed by atoms with Gasteiger partial charge in [0.2, 0.25) is 5.91 Å². The molecule has 3 rings (SSSR count). The molecule has 0 radical (unpaired) electrons. The van der Waals surface area contributed by atoms with Crippen LogP contribution < -0.4 is 5.32 Å². The van der Waals surface area contributed by atoms with Crippen molar-refractivity contribution >= 4 is 27.7 Å². The first-order chi connectivity index (χ1) is 9.63. The molecule has 6 nitrogen and oxygen atoms in total. The molecule has 2 aliphatic heterocycles. The van der Waals surface area contributed by atoms with Crippen LogP contribution in [0.2, 0.25) is 0 Å². The molecular formula is C13H17BrN4O2. The standard InChI is InChI=1S/C13H17BrN4O2/c1-2-8-10(14)11(17-16-8)13(20)18-5-3-4-7-9(18)6-15-12(7)19/h7,9H,2-6H2,1H3,(H,15,19)(H,16,17)/t7-,9-/m1/s1. The van der Waals surface area contributed by atoms with E-state index < -0.39 is 0 Å². The van der Waals surface area contributed by atoms with Crippen LogP contribution >= 0.6 is 15.9 Å². The lowest BCUT2D eigenvalue weighted by Gasteiger charge is -2.35. The van der Waals surface area contributed by atoms with Crippen LogP contribution in [0.1, 0.15) is 35.9 Å². The zero-order valence-electron chi connectivity index (χ0n) is 11.3. The van der Waals surface area contributed by atoms with Gasteiger partial charge < -0.3 is 10.2 Å². The molecule has 2 N–H and O–H groups in total. The SMILES string of the molecule is CCc1[nH]nc(C(=O)N2CCC[C@H]3C(=O)NC[C@H]32)c1Br. The van der Waals surface area contributed by atoms with Crippen molar-refractivity contribution in [1.29, 1.82) is 0 Å². The number of piperidine rings is 1. The van der Waals surface area contributed by atoms with Crippen molar-refractivity contribution in [3.8, 4) is 0 Å².